The first-order valence-corrected chi connectivity index (χ1v) is 6.40. The highest BCUT2D eigenvalue weighted by molar-refractivity contribution is 9.10. The van der Waals surface area contributed by atoms with E-state index in [0.29, 0.717) is 22.0 Å². The van der Waals surface area contributed by atoms with Crippen molar-refractivity contribution < 1.29 is 5.11 Å². The van der Waals surface area contributed by atoms with Crippen LogP contribution in [0.5, 0.6) is 0 Å². The number of nitrogens with one attached hydrogen (secondary N) is 2. The fourth-order valence-electron chi connectivity index (χ4n) is 2.19. The lowest BCUT2D eigenvalue weighted by molar-refractivity contribution is 0.222. The van der Waals surface area contributed by atoms with Gasteiger partial charge in [0.1, 0.15) is 16.6 Å². The minimum atomic E-state index is 0.211. The van der Waals surface area contributed by atoms with Crippen molar-refractivity contribution in [1.29, 1.82) is 0 Å². The van der Waals surface area contributed by atoms with E-state index in [1.807, 2.05) is 0 Å². The number of nitrogen functional groups attached to an aromatic ring is 1. The predicted molar refractivity (Wildman–Crippen MR) is 69.4 cm³/mol. The molecule has 5 N–H and O–H groups in total. The number of halogens is 1. The van der Waals surface area contributed by atoms with Crippen molar-refractivity contribution in [2.24, 2.45) is 11.8 Å². The second-order valence-corrected chi connectivity index (χ2v) is 4.95. The smallest absolute Gasteiger partial charge is 0.159 e. The first-order chi connectivity index (χ1) is 8.26. The molecule has 2 unspecified atom stereocenters. The first-order valence-electron chi connectivity index (χ1n) is 5.60. The van der Waals surface area contributed by atoms with Crippen LogP contribution in [-0.2, 0) is 0 Å². The highest BCUT2D eigenvalue weighted by Gasteiger charge is 2.27. The minimum absolute atomic E-state index is 0.211. The number of anilines is 2. The molecule has 0 saturated heterocycles. The molecule has 17 heavy (non-hydrogen) atoms. The van der Waals surface area contributed by atoms with Crippen molar-refractivity contribution >= 4 is 27.6 Å². The maximum Gasteiger partial charge on any atom is 0.159 e. The zero-order valence-corrected chi connectivity index (χ0v) is 10.9. The van der Waals surface area contributed by atoms with Gasteiger partial charge in [-0.1, -0.05) is 6.42 Å². The normalized spacial score (nSPS) is 23.7. The van der Waals surface area contributed by atoms with Gasteiger partial charge in [0, 0.05) is 18.6 Å². The van der Waals surface area contributed by atoms with E-state index in [1.165, 1.54) is 6.33 Å². The summed E-state index contributed by atoms with van der Waals surface area (Å²) in [5.74, 6) is 6.89. The Morgan fingerprint density at radius 3 is 2.88 bits per heavy atom. The lowest BCUT2D eigenvalue weighted by Crippen LogP contribution is -2.27. The van der Waals surface area contributed by atoms with Gasteiger partial charge in [-0.25, -0.2) is 15.8 Å². The van der Waals surface area contributed by atoms with Crippen LogP contribution in [0.4, 0.5) is 11.6 Å². The van der Waals surface area contributed by atoms with E-state index in [2.05, 4.69) is 36.6 Å². The monoisotopic (exact) mass is 301 g/mol. The zero-order chi connectivity index (χ0) is 12.3. The molecule has 0 spiro atoms. The van der Waals surface area contributed by atoms with Crippen LogP contribution in [0.3, 0.4) is 0 Å². The number of aliphatic hydroxyl groups is 1. The number of hydrogen-bond donors (Lipinski definition) is 4. The van der Waals surface area contributed by atoms with Gasteiger partial charge >= 0.3 is 0 Å². The molecule has 1 aromatic rings. The van der Waals surface area contributed by atoms with E-state index in [-0.39, 0.29) is 12.6 Å². The molecule has 1 heterocycles. The number of aromatic nitrogens is 2. The largest absolute Gasteiger partial charge is 0.396 e. The molecule has 1 fully saturated rings. The third-order valence-electron chi connectivity index (χ3n) is 3.14. The summed E-state index contributed by atoms with van der Waals surface area (Å²) in [6.07, 6.45) is 4.69. The fourth-order valence-corrected chi connectivity index (χ4v) is 2.63. The van der Waals surface area contributed by atoms with E-state index in [4.69, 9.17) is 5.84 Å². The van der Waals surface area contributed by atoms with Gasteiger partial charge in [-0.05, 0) is 28.8 Å². The van der Waals surface area contributed by atoms with Crippen LogP contribution in [0.2, 0.25) is 0 Å². The van der Waals surface area contributed by atoms with E-state index in [0.717, 1.165) is 19.3 Å². The Hall–Kier alpha value is -0.920. The van der Waals surface area contributed by atoms with Gasteiger partial charge < -0.3 is 15.8 Å². The van der Waals surface area contributed by atoms with Crippen molar-refractivity contribution in [1.82, 2.24) is 9.97 Å². The summed E-state index contributed by atoms with van der Waals surface area (Å²) >= 11 is 3.40. The maximum atomic E-state index is 9.27. The van der Waals surface area contributed by atoms with Crippen molar-refractivity contribution in [3.05, 3.63) is 10.8 Å². The highest BCUT2D eigenvalue weighted by Crippen LogP contribution is 2.31. The van der Waals surface area contributed by atoms with Crippen LogP contribution >= 0.6 is 15.9 Å². The Balaban J connectivity index is 2.13. The molecule has 1 aromatic heterocycles. The molecule has 1 saturated carbocycles. The van der Waals surface area contributed by atoms with E-state index >= 15 is 0 Å². The second kappa shape index (κ2) is 5.61. The molecule has 7 heteroatoms. The van der Waals surface area contributed by atoms with Crippen LogP contribution in [0, 0.1) is 5.92 Å². The number of nitrogens with two attached hydrogens (primary N) is 1. The Kier molecular flexibility index (Phi) is 4.14. The van der Waals surface area contributed by atoms with Crippen molar-refractivity contribution in [2.75, 3.05) is 17.3 Å². The molecule has 0 bridgehead atoms. The minimum Gasteiger partial charge on any atom is -0.396 e. The van der Waals surface area contributed by atoms with Gasteiger partial charge in [-0.3, -0.25) is 0 Å². The summed E-state index contributed by atoms with van der Waals surface area (Å²) in [5, 5.41) is 12.6. The summed E-state index contributed by atoms with van der Waals surface area (Å²) in [6.45, 7) is 0.211. The average molecular weight is 302 g/mol. The lowest BCUT2D eigenvalue weighted by Gasteiger charge is -2.20. The third-order valence-corrected chi connectivity index (χ3v) is 3.89. The van der Waals surface area contributed by atoms with E-state index in [1.54, 1.807) is 0 Å². The number of nitrogens with zero attached hydrogens (tertiary/aromatic N) is 2. The van der Waals surface area contributed by atoms with Crippen molar-refractivity contribution in [3.63, 3.8) is 0 Å². The van der Waals surface area contributed by atoms with Crippen LogP contribution in [0.15, 0.2) is 10.8 Å². The summed E-state index contributed by atoms with van der Waals surface area (Å²) in [7, 11) is 0. The molecule has 0 amide bonds. The molecule has 1 aliphatic carbocycles. The second-order valence-electron chi connectivity index (χ2n) is 4.15. The molecule has 2 rings (SSSR count). The van der Waals surface area contributed by atoms with Gasteiger partial charge in [0.2, 0.25) is 0 Å². The van der Waals surface area contributed by atoms with Crippen molar-refractivity contribution in [3.8, 4) is 0 Å². The Bertz CT molecular complexity index is 389. The zero-order valence-electron chi connectivity index (χ0n) is 9.36. The van der Waals surface area contributed by atoms with Gasteiger partial charge in [-0.15, -0.1) is 0 Å². The van der Waals surface area contributed by atoms with Crippen LogP contribution in [-0.4, -0.2) is 27.7 Å². The highest BCUT2D eigenvalue weighted by atomic mass is 79.9. The summed E-state index contributed by atoms with van der Waals surface area (Å²) in [5.41, 5.74) is 2.50. The lowest BCUT2D eigenvalue weighted by atomic mass is 10.1. The van der Waals surface area contributed by atoms with Crippen LogP contribution < -0.4 is 16.6 Å². The van der Waals surface area contributed by atoms with Gasteiger partial charge in [-0.2, -0.15) is 0 Å². The third kappa shape index (κ3) is 2.67. The van der Waals surface area contributed by atoms with Gasteiger partial charge in [0.15, 0.2) is 5.82 Å². The molecule has 0 aromatic carbocycles. The van der Waals surface area contributed by atoms with E-state index < -0.39 is 0 Å². The number of hydrazine groups is 1. The standard InChI is InChI=1S/C10H16BrN5O/c11-8-9(13-5-14-10(8)16-12)15-7-3-1-2-6(7)4-17/h5-7,17H,1-4,12H2,(H2,13,14,15,16). The molecule has 1 aliphatic rings. The molecule has 0 radical (unpaired) electrons. The maximum absolute atomic E-state index is 9.27. The van der Waals surface area contributed by atoms with Crippen LogP contribution in [0.1, 0.15) is 19.3 Å². The van der Waals surface area contributed by atoms with E-state index in [9.17, 15) is 5.11 Å². The molecule has 2 atom stereocenters. The number of rotatable bonds is 4. The summed E-state index contributed by atoms with van der Waals surface area (Å²) in [4.78, 5) is 8.16. The number of aliphatic hydroxyl groups excluding tert-OH is 1. The molecule has 0 aliphatic heterocycles. The quantitative estimate of drug-likeness (QED) is 0.491. The molecular weight excluding hydrogens is 286 g/mol. The molecular formula is C10H16BrN5O. The topological polar surface area (TPSA) is 96.1 Å². The SMILES string of the molecule is NNc1ncnc(NC2CCCC2CO)c1Br. The Morgan fingerprint density at radius 2 is 2.18 bits per heavy atom. The summed E-state index contributed by atoms with van der Waals surface area (Å²) < 4.78 is 0.714. The molecule has 6 nitrogen and oxygen atoms in total. The van der Waals surface area contributed by atoms with Crippen LogP contribution in [0.25, 0.3) is 0 Å². The molecule has 94 valence electrons. The van der Waals surface area contributed by atoms with Gasteiger partial charge in [0.25, 0.3) is 0 Å². The predicted octanol–water partition coefficient (Wildman–Crippen LogP) is 1.10. The Morgan fingerprint density at radius 1 is 1.41 bits per heavy atom. The number of hydrogen-bond acceptors (Lipinski definition) is 6. The average Bonchev–Trinajstić information content (AvgIpc) is 2.79. The first kappa shape index (κ1) is 12.5. The van der Waals surface area contributed by atoms with Gasteiger partial charge in [0.05, 0.1) is 0 Å². The fraction of sp³-hybridized carbons (Fsp3) is 0.600. The summed E-state index contributed by atoms with van der Waals surface area (Å²) in [6, 6.07) is 0.261. The Labute approximate surface area is 108 Å². The van der Waals surface area contributed by atoms with Crippen molar-refractivity contribution in [2.45, 2.75) is 25.3 Å².